The molecule has 0 aliphatic heterocycles. The van der Waals surface area contributed by atoms with Crippen molar-refractivity contribution >= 4 is 42.0 Å². The third kappa shape index (κ3) is 9.49. The van der Waals surface area contributed by atoms with E-state index >= 15 is 0 Å². The van der Waals surface area contributed by atoms with Crippen LogP contribution in [0.25, 0.3) is 33.1 Å². The number of amides is 1. The van der Waals surface area contributed by atoms with E-state index in [2.05, 4.69) is 96.2 Å². The van der Waals surface area contributed by atoms with E-state index in [4.69, 9.17) is 4.43 Å². The van der Waals surface area contributed by atoms with Gasteiger partial charge in [-0.15, -0.1) is 5.10 Å². The molecular formula is C47H59N7O5Si. The van der Waals surface area contributed by atoms with Crippen LogP contribution in [0.2, 0.25) is 18.1 Å². The van der Waals surface area contributed by atoms with Crippen LogP contribution in [-0.4, -0.2) is 70.3 Å². The van der Waals surface area contributed by atoms with E-state index in [1.54, 1.807) is 17.0 Å². The molecule has 60 heavy (non-hydrogen) atoms. The summed E-state index contributed by atoms with van der Waals surface area (Å²) in [6, 6.07) is 29.6. The smallest absolute Gasteiger partial charge is 0.412 e. The second kappa shape index (κ2) is 18.1. The molecule has 13 heteroatoms. The van der Waals surface area contributed by atoms with Crippen molar-refractivity contribution in [2.24, 2.45) is 0 Å². The molecule has 5 N–H and O–H groups in total. The van der Waals surface area contributed by atoms with Crippen LogP contribution in [-0.2, 0) is 23.9 Å². The quantitative estimate of drug-likeness (QED) is 0.0637. The molecule has 12 nitrogen and oxygen atoms in total. The molecule has 1 aliphatic carbocycles. The molecule has 7 rings (SSSR count). The third-order valence-corrected chi connectivity index (χ3v) is 17.1. The number of hydrogen-bond donors (Lipinski definition) is 5. The largest absolute Gasteiger partial charge is 0.506 e. The van der Waals surface area contributed by atoms with E-state index < -0.39 is 14.4 Å². The number of anilines is 1. The first kappa shape index (κ1) is 42.8. The third-order valence-electron chi connectivity index (χ3n) is 12.7. The van der Waals surface area contributed by atoms with E-state index in [1.807, 2.05) is 48.1 Å². The van der Waals surface area contributed by atoms with Gasteiger partial charge in [-0.25, -0.2) is 9.48 Å². The Bertz CT molecular complexity index is 2490. The SMILES string of the molecule is CNC1CCC(N(C(=O)O)c2cc(CCCn3nnc4cc(CNC[C@@H](O[Si](C)(C)C(C)(C)C)c5ccc(O)c6[nH]c(=O)ccc56)ccc43)ccc2-c2ccccc2)CC1. The topological polar surface area (TPSA) is 158 Å². The van der Waals surface area contributed by atoms with E-state index in [0.717, 1.165) is 88.4 Å². The molecule has 0 unspecified atom stereocenters. The number of aromatic amines is 1. The summed E-state index contributed by atoms with van der Waals surface area (Å²) in [6.45, 7) is 12.9. The molecule has 0 bridgehead atoms. The first-order valence-corrected chi connectivity index (χ1v) is 24.1. The molecule has 1 aliphatic rings. The van der Waals surface area contributed by atoms with E-state index in [1.165, 1.54) is 6.07 Å². The van der Waals surface area contributed by atoms with Gasteiger partial charge in [-0.3, -0.25) is 9.69 Å². The Morgan fingerprint density at radius 2 is 1.73 bits per heavy atom. The fraction of sp³-hybridized carbons (Fsp3) is 0.404. The summed E-state index contributed by atoms with van der Waals surface area (Å²) in [5.74, 6) is 0.0266. The Balaban J connectivity index is 1.04. The first-order valence-electron chi connectivity index (χ1n) is 21.2. The Labute approximate surface area is 353 Å². The molecule has 1 amide bonds. The van der Waals surface area contributed by atoms with Crippen molar-refractivity contribution in [3.63, 3.8) is 0 Å². The van der Waals surface area contributed by atoms with Crippen LogP contribution in [0.4, 0.5) is 10.5 Å². The monoisotopic (exact) mass is 829 g/mol. The number of H-pyrrole nitrogens is 1. The summed E-state index contributed by atoms with van der Waals surface area (Å²) in [7, 11) is -0.242. The second-order valence-electron chi connectivity index (χ2n) is 17.7. The van der Waals surface area contributed by atoms with Gasteiger partial charge in [-0.2, -0.15) is 0 Å². The van der Waals surface area contributed by atoms with Crippen LogP contribution in [0.3, 0.4) is 0 Å². The standard InChI is InChI=1S/C47H59N7O5Si/c1-47(2,3)60(5,6)59-43(37-21-24-42(55)45-38(37)22-25-44(56)50-45)30-49-29-32-15-23-40-39(27-32)51-52-53(40)26-10-11-31-14-20-36(33-12-8-7-9-13-33)41(28-31)54(46(57)58)35-18-16-34(48-4)17-19-35/h7-9,12-15,20-25,27-28,34-35,43,48-49,55H,10-11,16-19,26,29-30H2,1-6H3,(H,50,56)(H,57,58)/t34?,35?,43-/m1/s1. The van der Waals surface area contributed by atoms with Crippen molar-refractivity contribution in [3.8, 4) is 16.9 Å². The molecule has 2 aromatic heterocycles. The minimum atomic E-state index is -2.22. The molecule has 4 aromatic carbocycles. The predicted octanol–water partition coefficient (Wildman–Crippen LogP) is 9.15. The van der Waals surface area contributed by atoms with Gasteiger partial charge in [0.05, 0.1) is 22.8 Å². The lowest BCUT2D eigenvalue weighted by Crippen LogP contribution is -2.44. The Morgan fingerprint density at radius 3 is 2.45 bits per heavy atom. The first-order chi connectivity index (χ1) is 28.7. The van der Waals surface area contributed by atoms with Crippen LogP contribution >= 0.6 is 0 Å². The zero-order valence-corrected chi connectivity index (χ0v) is 36.7. The number of pyridine rings is 1. The number of carbonyl (C=O) groups is 1. The highest BCUT2D eigenvalue weighted by Crippen LogP contribution is 2.41. The summed E-state index contributed by atoms with van der Waals surface area (Å²) in [4.78, 5) is 29.5. The minimum Gasteiger partial charge on any atom is -0.506 e. The van der Waals surface area contributed by atoms with Crippen molar-refractivity contribution in [1.82, 2.24) is 30.6 Å². The van der Waals surface area contributed by atoms with Gasteiger partial charge < -0.3 is 30.3 Å². The van der Waals surface area contributed by atoms with Gasteiger partial charge in [0.2, 0.25) is 5.56 Å². The van der Waals surface area contributed by atoms with Crippen LogP contribution < -0.4 is 21.1 Å². The second-order valence-corrected chi connectivity index (χ2v) is 22.4. The average molecular weight is 830 g/mol. The summed E-state index contributed by atoms with van der Waals surface area (Å²) >= 11 is 0. The fourth-order valence-electron chi connectivity index (χ4n) is 8.23. The number of hydrogen-bond acceptors (Lipinski definition) is 8. The molecule has 0 saturated heterocycles. The Kier molecular flexibility index (Phi) is 12.9. The number of benzene rings is 4. The normalized spacial score (nSPS) is 16.6. The zero-order chi connectivity index (χ0) is 42.6. The number of phenolic OH excluding ortho intramolecular Hbond substituents is 1. The lowest BCUT2D eigenvalue weighted by atomic mass is 9.89. The number of phenols is 1. The maximum Gasteiger partial charge on any atom is 0.412 e. The number of aromatic nitrogens is 4. The maximum absolute atomic E-state index is 12.9. The highest BCUT2D eigenvalue weighted by molar-refractivity contribution is 6.74. The molecule has 2 heterocycles. The number of aromatic hydroxyl groups is 1. The van der Waals surface area contributed by atoms with Gasteiger partial charge in [-0.05, 0) is 116 Å². The molecule has 1 fully saturated rings. The highest BCUT2D eigenvalue weighted by atomic mass is 28.4. The lowest BCUT2D eigenvalue weighted by Gasteiger charge is -2.39. The summed E-state index contributed by atoms with van der Waals surface area (Å²) in [5, 5.41) is 37.9. The van der Waals surface area contributed by atoms with Crippen LogP contribution in [0.5, 0.6) is 5.75 Å². The van der Waals surface area contributed by atoms with E-state index in [0.29, 0.717) is 31.2 Å². The van der Waals surface area contributed by atoms with Gasteiger partial charge in [0.1, 0.15) is 11.3 Å². The summed E-state index contributed by atoms with van der Waals surface area (Å²) in [6.07, 6.45) is 3.88. The maximum atomic E-state index is 12.9. The molecular weight excluding hydrogens is 771 g/mol. The fourth-order valence-corrected chi connectivity index (χ4v) is 9.51. The molecule has 1 atom stereocenters. The number of fused-ring (bicyclic) bond motifs is 2. The van der Waals surface area contributed by atoms with Crippen molar-refractivity contribution in [2.75, 3.05) is 18.5 Å². The van der Waals surface area contributed by atoms with Gasteiger partial charge in [0.15, 0.2) is 8.32 Å². The highest BCUT2D eigenvalue weighted by Gasteiger charge is 2.40. The Hall–Kier alpha value is -5.34. The van der Waals surface area contributed by atoms with Gasteiger partial charge in [0, 0.05) is 48.7 Å². The molecule has 0 spiro atoms. The van der Waals surface area contributed by atoms with Gasteiger partial charge in [0.25, 0.3) is 0 Å². The van der Waals surface area contributed by atoms with Crippen molar-refractivity contribution in [3.05, 3.63) is 118 Å². The van der Waals surface area contributed by atoms with Gasteiger partial charge in [-0.1, -0.05) is 80.6 Å². The van der Waals surface area contributed by atoms with Crippen LogP contribution in [0.15, 0.2) is 95.8 Å². The molecule has 316 valence electrons. The molecule has 6 aromatic rings. The molecule has 0 radical (unpaired) electrons. The van der Waals surface area contributed by atoms with Crippen molar-refractivity contribution in [2.45, 2.75) is 109 Å². The Morgan fingerprint density at radius 1 is 0.983 bits per heavy atom. The minimum absolute atomic E-state index is 0.0217. The van der Waals surface area contributed by atoms with Crippen molar-refractivity contribution in [1.29, 1.82) is 0 Å². The number of aryl methyl sites for hydroxylation is 2. The lowest BCUT2D eigenvalue weighted by molar-refractivity contribution is 0.181. The number of rotatable bonds is 15. The summed E-state index contributed by atoms with van der Waals surface area (Å²) in [5.41, 5.74) is 7.64. The molecule has 1 saturated carbocycles. The number of nitrogens with one attached hydrogen (secondary N) is 3. The van der Waals surface area contributed by atoms with E-state index in [-0.39, 0.29) is 28.5 Å². The van der Waals surface area contributed by atoms with Gasteiger partial charge >= 0.3 is 6.09 Å². The number of nitrogens with zero attached hydrogens (tertiary/aromatic N) is 4. The summed E-state index contributed by atoms with van der Waals surface area (Å²) < 4.78 is 8.93. The van der Waals surface area contributed by atoms with Crippen LogP contribution in [0, 0.1) is 0 Å². The predicted molar refractivity (Wildman–Crippen MR) is 242 cm³/mol. The van der Waals surface area contributed by atoms with Crippen LogP contribution in [0.1, 0.15) is 75.7 Å². The number of carboxylic acid groups (broad SMARTS) is 1. The van der Waals surface area contributed by atoms with E-state index in [9.17, 15) is 19.8 Å². The average Bonchev–Trinajstić information content (AvgIpc) is 3.63. The van der Waals surface area contributed by atoms with Crippen molar-refractivity contribution < 1.29 is 19.4 Å². The zero-order valence-electron chi connectivity index (χ0n) is 35.7.